The summed E-state index contributed by atoms with van der Waals surface area (Å²) in [6.07, 6.45) is 4.85. The monoisotopic (exact) mass is 350 g/mol. The Morgan fingerprint density at radius 3 is 3.05 bits per heavy atom. The first-order valence-corrected chi connectivity index (χ1v) is 7.98. The van der Waals surface area contributed by atoms with Crippen LogP contribution in [0, 0.1) is 6.92 Å². The van der Waals surface area contributed by atoms with E-state index in [0.29, 0.717) is 0 Å². The van der Waals surface area contributed by atoms with Crippen LogP contribution in [0.5, 0.6) is 0 Å². The van der Waals surface area contributed by atoms with Crippen molar-refractivity contribution in [2.75, 3.05) is 0 Å². The summed E-state index contributed by atoms with van der Waals surface area (Å²) in [5, 5.41) is 2.03. The van der Waals surface area contributed by atoms with Crippen LogP contribution in [0.25, 0.3) is 4.96 Å². The Labute approximate surface area is 129 Å². The van der Waals surface area contributed by atoms with Gasteiger partial charge in [0.05, 0.1) is 11.7 Å². The molecule has 3 aromatic rings. The van der Waals surface area contributed by atoms with Crippen LogP contribution in [-0.2, 0) is 6.42 Å². The van der Waals surface area contributed by atoms with Gasteiger partial charge in [0.25, 0.3) is 0 Å². The summed E-state index contributed by atoms with van der Waals surface area (Å²) in [6, 6.07) is 6.35. The number of aromatic nitrogens is 2. The molecular weight excluding hydrogens is 336 g/mol. The largest absolute Gasteiger partial charge is 0.297 e. The lowest BCUT2D eigenvalue weighted by molar-refractivity contribution is 0.547. The number of rotatable bonds is 4. The zero-order valence-corrected chi connectivity index (χ0v) is 13.4. The van der Waals surface area contributed by atoms with Gasteiger partial charge >= 0.3 is 0 Å². The second-order valence-electron chi connectivity index (χ2n) is 4.76. The van der Waals surface area contributed by atoms with Gasteiger partial charge in [-0.2, -0.15) is 0 Å². The van der Waals surface area contributed by atoms with Gasteiger partial charge in [-0.1, -0.05) is 28.1 Å². The number of halogens is 1. The van der Waals surface area contributed by atoms with E-state index in [2.05, 4.69) is 57.7 Å². The number of nitrogens with zero attached hydrogens (tertiary/aromatic N) is 2. The molecule has 1 aromatic carbocycles. The molecule has 3 rings (SSSR count). The van der Waals surface area contributed by atoms with Crippen LogP contribution in [0.4, 0.5) is 0 Å². The number of imidazole rings is 1. The third-order valence-corrected chi connectivity index (χ3v) is 5.00. The second kappa shape index (κ2) is 5.65. The van der Waals surface area contributed by atoms with Crippen molar-refractivity contribution in [2.45, 2.75) is 19.4 Å². The van der Waals surface area contributed by atoms with Gasteiger partial charge in [-0.3, -0.25) is 15.7 Å². The predicted molar refractivity (Wildman–Crippen MR) is 85.7 cm³/mol. The molecule has 0 radical (unpaired) electrons. The first kappa shape index (κ1) is 13.8. The predicted octanol–water partition coefficient (Wildman–Crippen LogP) is 3.21. The smallest absolute Gasteiger partial charge is 0.193 e. The third-order valence-electron chi connectivity index (χ3n) is 3.34. The molecule has 1 atom stereocenters. The molecule has 3 N–H and O–H groups in total. The molecule has 2 aromatic heterocycles. The molecule has 0 bridgehead atoms. The first-order chi connectivity index (χ1) is 9.67. The number of hydrogen-bond acceptors (Lipinski definition) is 4. The van der Waals surface area contributed by atoms with Crippen molar-refractivity contribution in [1.82, 2.24) is 14.8 Å². The molecule has 20 heavy (non-hydrogen) atoms. The number of nitrogens with two attached hydrogens (primary N) is 1. The maximum absolute atomic E-state index is 5.72. The molecule has 2 heterocycles. The molecule has 0 fully saturated rings. The highest BCUT2D eigenvalue weighted by molar-refractivity contribution is 9.10. The summed E-state index contributed by atoms with van der Waals surface area (Å²) >= 11 is 5.16. The van der Waals surface area contributed by atoms with Crippen molar-refractivity contribution in [3.8, 4) is 0 Å². The maximum atomic E-state index is 5.72. The van der Waals surface area contributed by atoms with Gasteiger partial charge in [0.1, 0.15) is 0 Å². The van der Waals surface area contributed by atoms with Crippen molar-refractivity contribution < 1.29 is 0 Å². The molecule has 0 amide bonds. The molecule has 0 spiro atoms. The van der Waals surface area contributed by atoms with Gasteiger partial charge in [-0.05, 0) is 24.1 Å². The van der Waals surface area contributed by atoms with Crippen LogP contribution in [0.1, 0.15) is 22.9 Å². The number of hydrogen-bond donors (Lipinski definition) is 2. The molecule has 0 saturated heterocycles. The fourth-order valence-corrected chi connectivity index (χ4v) is 3.21. The van der Waals surface area contributed by atoms with Crippen LogP contribution in [0.2, 0.25) is 0 Å². The van der Waals surface area contributed by atoms with E-state index in [-0.39, 0.29) is 6.04 Å². The normalized spacial score (nSPS) is 12.9. The highest BCUT2D eigenvalue weighted by atomic mass is 79.9. The van der Waals surface area contributed by atoms with E-state index in [9.17, 15) is 0 Å². The summed E-state index contributed by atoms with van der Waals surface area (Å²) in [4.78, 5) is 5.62. The fraction of sp³-hybridized carbons (Fsp3) is 0.214. The topological polar surface area (TPSA) is 55.3 Å². The standard InChI is InChI=1S/C14H15BrN4S/c1-9-6-10(2-3-12(9)15)13(18-16)7-11-8-19-4-5-20-14(19)17-11/h2-6,8,13,18H,7,16H2,1H3. The average molecular weight is 351 g/mol. The Morgan fingerprint density at radius 2 is 2.35 bits per heavy atom. The van der Waals surface area contributed by atoms with Crippen LogP contribution in [0.3, 0.4) is 0 Å². The van der Waals surface area contributed by atoms with Gasteiger partial charge in [-0.25, -0.2) is 4.98 Å². The summed E-state index contributed by atoms with van der Waals surface area (Å²) in [6.45, 7) is 2.08. The molecule has 4 nitrogen and oxygen atoms in total. The SMILES string of the molecule is Cc1cc(C(Cc2cn3ccsc3n2)NN)ccc1Br. The van der Waals surface area contributed by atoms with Crippen LogP contribution in [-0.4, -0.2) is 9.38 Å². The Kier molecular flexibility index (Phi) is 3.89. The second-order valence-corrected chi connectivity index (χ2v) is 6.48. The summed E-state index contributed by atoms with van der Waals surface area (Å²) in [5.41, 5.74) is 6.30. The average Bonchev–Trinajstić information content (AvgIpc) is 3.00. The van der Waals surface area contributed by atoms with Crippen LogP contribution < -0.4 is 11.3 Å². The van der Waals surface area contributed by atoms with Gasteiger partial charge in [0.15, 0.2) is 4.96 Å². The number of hydrazine groups is 1. The van der Waals surface area contributed by atoms with E-state index in [1.54, 1.807) is 11.3 Å². The Morgan fingerprint density at radius 1 is 1.50 bits per heavy atom. The van der Waals surface area contributed by atoms with Gasteiger partial charge < -0.3 is 0 Å². The van der Waals surface area contributed by atoms with Crippen molar-refractivity contribution in [3.63, 3.8) is 0 Å². The summed E-state index contributed by atoms with van der Waals surface area (Å²) < 4.78 is 3.15. The molecule has 6 heteroatoms. The van der Waals surface area contributed by atoms with Crippen LogP contribution in [0.15, 0.2) is 40.4 Å². The van der Waals surface area contributed by atoms with Crippen LogP contribution >= 0.6 is 27.3 Å². The number of thiazole rings is 1. The highest BCUT2D eigenvalue weighted by Crippen LogP contribution is 2.23. The van der Waals surface area contributed by atoms with Gasteiger partial charge in [0, 0.05) is 28.7 Å². The Hall–Kier alpha value is -1.21. The molecule has 104 valence electrons. The minimum absolute atomic E-state index is 0.0615. The maximum Gasteiger partial charge on any atom is 0.193 e. The lowest BCUT2D eigenvalue weighted by atomic mass is 10.0. The van der Waals surface area contributed by atoms with E-state index in [1.807, 2.05) is 16.0 Å². The number of benzene rings is 1. The molecule has 0 saturated carbocycles. The zero-order valence-electron chi connectivity index (χ0n) is 11.0. The molecule has 0 aliphatic carbocycles. The van der Waals surface area contributed by atoms with E-state index < -0.39 is 0 Å². The summed E-state index contributed by atoms with van der Waals surface area (Å²) in [7, 11) is 0. The minimum atomic E-state index is 0.0615. The van der Waals surface area contributed by atoms with Gasteiger partial charge in [-0.15, -0.1) is 11.3 Å². The lowest BCUT2D eigenvalue weighted by Gasteiger charge is -2.16. The van der Waals surface area contributed by atoms with Gasteiger partial charge in [0.2, 0.25) is 0 Å². The van der Waals surface area contributed by atoms with E-state index >= 15 is 0 Å². The van der Waals surface area contributed by atoms with Crippen molar-refractivity contribution >= 4 is 32.2 Å². The zero-order chi connectivity index (χ0) is 14.1. The van der Waals surface area contributed by atoms with E-state index in [0.717, 1.165) is 21.5 Å². The lowest BCUT2D eigenvalue weighted by Crippen LogP contribution is -2.29. The molecule has 1 unspecified atom stereocenters. The van der Waals surface area contributed by atoms with Crippen molar-refractivity contribution in [1.29, 1.82) is 0 Å². The molecular formula is C14H15BrN4S. The third kappa shape index (κ3) is 2.64. The van der Waals surface area contributed by atoms with Crippen molar-refractivity contribution in [2.24, 2.45) is 5.84 Å². The van der Waals surface area contributed by atoms with E-state index in [4.69, 9.17) is 5.84 Å². The Balaban J connectivity index is 1.85. The minimum Gasteiger partial charge on any atom is -0.297 e. The Bertz CT molecular complexity index is 705. The van der Waals surface area contributed by atoms with E-state index in [1.165, 1.54) is 11.1 Å². The molecule has 0 aliphatic heterocycles. The number of aryl methyl sites for hydroxylation is 1. The fourth-order valence-electron chi connectivity index (χ4n) is 2.24. The van der Waals surface area contributed by atoms with Crippen molar-refractivity contribution in [3.05, 3.63) is 57.3 Å². The number of fused-ring (bicyclic) bond motifs is 1. The molecule has 0 aliphatic rings. The highest BCUT2D eigenvalue weighted by Gasteiger charge is 2.14. The quantitative estimate of drug-likeness (QED) is 0.561. The number of nitrogens with one attached hydrogen (secondary N) is 1. The first-order valence-electron chi connectivity index (χ1n) is 6.30. The summed E-state index contributed by atoms with van der Waals surface area (Å²) in [5.74, 6) is 5.72.